The summed E-state index contributed by atoms with van der Waals surface area (Å²) in [6.07, 6.45) is 2.35. The monoisotopic (exact) mass is 258 g/mol. The van der Waals surface area contributed by atoms with Crippen molar-refractivity contribution in [3.8, 4) is 11.8 Å². The maximum absolute atomic E-state index is 8.82. The van der Waals surface area contributed by atoms with Crippen LogP contribution in [0.15, 0.2) is 24.3 Å². The van der Waals surface area contributed by atoms with Crippen molar-refractivity contribution in [2.75, 3.05) is 19.7 Å². The first-order chi connectivity index (χ1) is 9.19. The van der Waals surface area contributed by atoms with Crippen molar-refractivity contribution < 1.29 is 4.74 Å². The largest absolute Gasteiger partial charge is 0.494 e. The van der Waals surface area contributed by atoms with Gasteiger partial charge in [0.2, 0.25) is 0 Å². The molecular formula is C16H22N2O. The lowest BCUT2D eigenvalue weighted by Crippen LogP contribution is -2.29. The molecule has 1 saturated heterocycles. The molecule has 0 aromatic heterocycles. The number of ether oxygens (including phenoxy) is 1. The molecule has 19 heavy (non-hydrogen) atoms. The molecule has 0 amide bonds. The highest BCUT2D eigenvalue weighted by molar-refractivity contribution is 5.36. The van der Waals surface area contributed by atoms with E-state index in [0.29, 0.717) is 18.2 Å². The Balaban J connectivity index is 1.71. The van der Waals surface area contributed by atoms with E-state index in [2.05, 4.69) is 24.8 Å². The molecule has 0 bridgehead atoms. The lowest BCUT2D eigenvalue weighted by atomic mass is 10.1. The lowest BCUT2D eigenvalue weighted by molar-refractivity contribution is 0.228. The summed E-state index contributed by atoms with van der Waals surface area (Å²) in [7, 11) is 0. The van der Waals surface area contributed by atoms with Crippen LogP contribution in [0.2, 0.25) is 0 Å². The molecule has 3 heteroatoms. The van der Waals surface area contributed by atoms with Crippen LogP contribution in [-0.4, -0.2) is 30.6 Å². The first-order valence-electron chi connectivity index (χ1n) is 7.06. The summed E-state index contributed by atoms with van der Waals surface area (Å²) < 4.78 is 5.69. The van der Waals surface area contributed by atoms with Gasteiger partial charge in [0.15, 0.2) is 0 Å². The fourth-order valence-electron chi connectivity index (χ4n) is 2.81. The Morgan fingerprint density at radius 1 is 1.42 bits per heavy atom. The summed E-state index contributed by atoms with van der Waals surface area (Å²) in [4.78, 5) is 2.54. The molecular weight excluding hydrogens is 236 g/mol. The number of hydrogen-bond donors (Lipinski definition) is 0. The van der Waals surface area contributed by atoms with Gasteiger partial charge in [-0.2, -0.15) is 5.26 Å². The van der Waals surface area contributed by atoms with E-state index in [-0.39, 0.29) is 0 Å². The summed E-state index contributed by atoms with van der Waals surface area (Å²) in [6, 6.07) is 10.2. The number of benzene rings is 1. The molecule has 2 atom stereocenters. The highest BCUT2D eigenvalue weighted by atomic mass is 16.5. The first-order valence-corrected chi connectivity index (χ1v) is 7.06. The number of hydrogen-bond acceptors (Lipinski definition) is 3. The van der Waals surface area contributed by atoms with Gasteiger partial charge in [0.25, 0.3) is 0 Å². The van der Waals surface area contributed by atoms with Crippen LogP contribution in [0.4, 0.5) is 0 Å². The maximum Gasteiger partial charge on any atom is 0.120 e. The first kappa shape index (κ1) is 13.9. The van der Waals surface area contributed by atoms with E-state index in [1.807, 2.05) is 12.1 Å². The van der Waals surface area contributed by atoms with Gasteiger partial charge in [0, 0.05) is 19.1 Å². The fraction of sp³-hybridized carbons (Fsp3) is 0.562. The third kappa shape index (κ3) is 3.97. The highest BCUT2D eigenvalue weighted by Gasteiger charge is 2.25. The van der Waals surface area contributed by atoms with Crippen LogP contribution in [0.1, 0.15) is 32.3 Å². The minimum Gasteiger partial charge on any atom is -0.494 e. The van der Waals surface area contributed by atoms with E-state index >= 15 is 0 Å². The van der Waals surface area contributed by atoms with E-state index in [9.17, 15) is 0 Å². The zero-order chi connectivity index (χ0) is 13.7. The van der Waals surface area contributed by atoms with Crippen LogP contribution in [0.3, 0.4) is 0 Å². The van der Waals surface area contributed by atoms with Crippen molar-refractivity contribution in [3.05, 3.63) is 29.8 Å². The van der Waals surface area contributed by atoms with Crippen molar-refractivity contribution in [2.45, 2.75) is 32.7 Å². The molecule has 1 aromatic rings. The third-order valence-corrected chi connectivity index (χ3v) is 3.73. The van der Waals surface area contributed by atoms with Crippen LogP contribution in [0.25, 0.3) is 0 Å². The lowest BCUT2D eigenvalue weighted by Gasteiger charge is -2.20. The van der Waals surface area contributed by atoms with Crippen LogP contribution < -0.4 is 4.74 Å². The van der Waals surface area contributed by atoms with Crippen molar-refractivity contribution >= 4 is 0 Å². The van der Waals surface area contributed by atoms with Crippen LogP contribution in [0, 0.1) is 17.2 Å². The summed E-state index contributed by atoms with van der Waals surface area (Å²) in [5, 5.41) is 8.82. The molecule has 1 aliphatic rings. The summed E-state index contributed by atoms with van der Waals surface area (Å²) >= 11 is 0. The Kier molecular flexibility index (Phi) is 4.81. The molecule has 1 heterocycles. The Hall–Kier alpha value is -1.53. The van der Waals surface area contributed by atoms with Crippen molar-refractivity contribution in [2.24, 2.45) is 5.92 Å². The standard InChI is InChI=1S/C16H22N2O/c1-13-9-14(2)18(12-13)7-4-8-19-16-6-3-5-15(10-16)11-17/h3,5-6,10,13-14H,4,7-9,12H2,1-2H3. The van der Waals surface area contributed by atoms with Gasteiger partial charge >= 0.3 is 0 Å². The SMILES string of the molecule is CC1CC(C)N(CCCOc2cccc(C#N)c2)C1. The number of rotatable bonds is 5. The molecule has 1 aromatic carbocycles. The van der Waals surface area contributed by atoms with Crippen LogP contribution >= 0.6 is 0 Å². The second-order valence-corrected chi connectivity index (χ2v) is 5.53. The molecule has 0 aliphatic carbocycles. The fourth-order valence-corrected chi connectivity index (χ4v) is 2.81. The average molecular weight is 258 g/mol. The average Bonchev–Trinajstić information content (AvgIpc) is 2.73. The van der Waals surface area contributed by atoms with E-state index in [4.69, 9.17) is 10.00 Å². The Labute approximate surface area is 115 Å². The van der Waals surface area contributed by atoms with Gasteiger partial charge in [-0.05, 0) is 43.9 Å². The molecule has 1 fully saturated rings. The van der Waals surface area contributed by atoms with E-state index in [1.165, 1.54) is 13.0 Å². The van der Waals surface area contributed by atoms with Gasteiger partial charge in [-0.1, -0.05) is 13.0 Å². The second-order valence-electron chi connectivity index (χ2n) is 5.53. The van der Waals surface area contributed by atoms with Gasteiger partial charge < -0.3 is 9.64 Å². The van der Waals surface area contributed by atoms with Gasteiger partial charge in [-0.25, -0.2) is 0 Å². The van der Waals surface area contributed by atoms with Crippen molar-refractivity contribution in [3.63, 3.8) is 0 Å². The maximum atomic E-state index is 8.82. The Morgan fingerprint density at radius 3 is 2.95 bits per heavy atom. The summed E-state index contributed by atoms with van der Waals surface area (Å²) in [5.41, 5.74) is 0.652. The zero-order valence-corrected chi connectivity index (χ0v) is 11.8. The van der Waals surface area contributed by atoms with Gasteiger partial charge in [0.05, 0.1) is 18.2 Å². The van der Waals surface area contributed by atoms with E-state index in [1.54, 1.807) is 12.1 Å². The molecule has 2 rings (SSSR count). The third-order valence-electron chi connectivity index (χ3n) is 3.73. The normalized spacial score (nSPS) is 23.2. The van der Waals surface area contributed by atoms with Gasteiger partial charge in [-0.3, -0.25) is 0 Å². The van der Waals surface area contributed by atoms with E-state index in [0.717, 1.165) is 24.6 Å². The molecule has 2 unspecified atom stereocenters. The second kappa shape index (κ2) is 6.58. The van der Waals surface area contributed by atoms with E-state index < -0.39 is 0 Å². The molecule has 1 aliphatic heterocycles. The van der Waals surface area contributed by atoms with Gasteiger partial charge in [0.1, 0.15) is 5.75 Å². The quantitative estimate of drug-likeness (QED) is 0.762. The van der Waals surface area contributed by atoms with Crippen molar-refractivity contribution in [1.29, 1.82) is 5.26 Å². The number of nitrogens with zero attached hydrogens (tertiary/aromatic N) is 2. The molecule has 102 valence electrons. The molecule has 0 saturated carbocycles. The molecule has 0 radical (unpaired) electrons. The topological polar surface area (TPSA) is 36.3 Å². The molecule has 3 nitrogen and oxygen atoms in total. The number of likely N-dealkylation sites (tertiary alicyclic amines) is 1. The Bertz CT molecular complexity index is 452. The minimum absolute atomic E-state index is 0.652. The number of nitriles is 1. The molecule has 0 N–H and O–H groups in total. The predicted molar refractivity (Wildman–Crippen MR) is 76.1 cm³/mol. The van der Waals surface area contributed by atoms with Crippen LogP contribution in [-0.2, 0) is 0 Å². The minimum atomic E-state index is 0.652. The van der Waals surface area contributed by atoms with Crippen molar-refractivity contribution in [1.82, 2.24) is 4.90 Å². The highest BCUT2D eigenvalue weighted by Crippen LogP contribution is 2.22. The smallest absolute Gasteiger partial charge is 0.120 e. The summed E-state index contributed by atoms with van der Waals surface area (Å²) in [5.74, 6) is 1.62. The Morgan fingerprint density at radius 2 is 2.26 bits per heavy atom. The predicted octanol–water partition coefficient (Wildman–Crippen LogP) is 3.06. The zero-order valence-electron chi connectivity index (χ0n) is 11.8. The molecule has 0 spiro atoms. The van der Waals surface area contributed by atoms with Crippen LogP contribution in [0.5, 0.6) is 5.75 Å². The van der Waals surface area contributed by atoms with Gasteiger partial charge in [-0.15, -0.1) is 0 Å². The summed E-state index contributed by atoms with van der Waals surface area (Å²) in [6.45, 7) is 7.65.